The number of aryl methyl sites for hydroxylation is 1. The molecule has 1 aromatic rings. The van der Waals surface area contributed by atoms with E-state index in [1.54, 1.807) is 28.1 Å². The van der Waals surface area contributed by atoms with Crippen molar-refractivity contribution in [3.63, 3.8) is 0 Å². The minimum absolute atomic E-state index is 0.228. The number of likely N-dealkylation sites (tertiary alicyclic amines) is 1. The zero-order valence-corrected chi connectivity index (χ0v) is 19.4. The van der Waals surface area contributed by atoms with Crippen LogP contribution in [-0.4, -0.2) is 56.0 Å². The molecule has 1 amide bonds. The summed E-state index contributed by atoms with van der Waals surface area (Å²) in [6.45, 7) is 6.04. The first-order valence-electron chi connectivity index (χ1n) is 11.0. The molecular formula is C24H35NO6. The Kier molecular flexibility index (Phi) is 8.89. The van der Waals surface area contributed by atoms with Crippen LogP contribution in [0.25, 0.3) is 0 Å². The van der Waals surface area contributed by atoms with E-state index in [9.17, 15) is 14.4 Å². The normalized spacial score (nSPS) is 16.5. The second-order valence-corrected chi connectivity index (χ2v) is 8.53. The third-order valence-electron chi connectivity index (χ3n) is 6.05. The van der Waals surface area contributed by atoms with Crippen molar-refractivity contribution in [3.05, 3.63) is 23.8 Å². The number of nitrogens with zero attached hydrogens (tertiary/aromatic N) is 1. The molecule has 0 aromatic heterocycles. The lowest BCUT2D eigenvalue weighted by Gasteiger charge is -2.35. The largest absolute Gasteiger partial charge is 0.497 e. The fourth-order valence-corrected chi connectivity index (χ4v) is 3.61. The first-order valence-corrected chi connectivity index (χ1v) is 11.0. The Morgan fingerprint density at radius 1 is 1.13 bits per heavy atom. The summed E-state index contributed by atoms with van der Waals surface area (Å²) in [5, 5.41) is 0. The standard InChI is InChI=1S/C24H35NO6/c1-6-24(2,3)21(26)22(27)25-14-8-7-11-19(25)23(28)31-15-9-10-17-16-18(29-4)12-13-20(17)30-5/h12-13,16,19H,6-11,14-15H2,1-5H3. The molecule has 1 atom stereocenters. The molecule has 7 heteroatoms. The molecule has 31 heavy (non-hydrogen) atoms. The van der Waals surface area contributed by atoms with E-state index in [0.717, 1.165) is 29.9 Å². The Morgan fingerprint density at radius 2 is 1.87 bits per heavy atom. The minimum atomic E-state index is -0.737. The number of amides is 1. The number of benzene rings is 1. The van der Waals surface area contributed by atoms with Crippen molar-refractivity contribution in [1.29, 1.82) is 0 Å². The molecule has 1 saturated heterocycles. The highest BCUT2D eigenvalue weighted by atomic mass is 16.5. The molecule has 0 N–H and O–H groups in total. The van der Waals surface area contributed by atoms with E-state index in [-0.39, 0.29) is 6.61 Å². The van der Waals surface area contributed by atoms with Crippen LogP contribution in [0.4, 0.5) is 0 Å². The van der Waals surface area contributed by atoms with Gasteiger partial charge in [-0.05, 0) is 62.3 Å². The van der Waals surface area contributed by atoms with Crippen LogP contribution in [0.5, 0.6) is 11.5 Å². The molecule has 2 rings (SSSR count). The SMILES string of the molecule is CCC(C)(C)C(=O)C(=O)N1CCCCC1C(=O)OCCCc1cc(OC)ccc1OC. The fourth-order valence-electron chi connectivity index (χ4n) is 3.61. The second-order valence-electron chi connectivity index (χ2n) is 8.53. The Bertz CT molecular complexity index is 788. The molecule has 1 unspecified atom stereocenters. The molecule has 0 spiro atoms. The summed E-state index contributed by atoms with van der Waals surface area (Å²) in [4.78, 5) is 39.6. The topological polar surface area (TPSA) is 82.1 Å². The van der Waals surface area contributed by atoms with Gasteiger partial charge in [-0.2, -0.15) is 0 Å². The molecule has 0 aliphatic carbocycles. The lowest BCUT2D eigenvalue weighted by molar-refractivity contribution is -0.161. The lowest BCUT2D eigenvalue weighted by atomic mass is 9.84. The van der Waals surface area contributed by atoms with E-state index in [4.69, 9.17) is 14.2 Å². The van der Waals surface area contributed by atoms with Crippen LogP contribution in [0.3, 0.4) is 0 Å². The van der Waals surface area contributed by atoms with Gasteiger partial charge in [0.1, 0.15) is 17.5 Å². The third-order valence-corrected chi connectivity index (χ3v) is 6.05. The van der Waals surface area contributed by atoms with Gasteiger partial charge in [0, 0.05) is 12.0 Å². The van der Waals surface area contributed by atoms with Crippen LogP contribution >= 0.6 is 0 Å². The number of Topliss-reactive ketones (excluding diaryl/α,β-unsaturated/α-hetero) is 1. The number of carbonyl (C=O) groups is 3. The molecule has 0 radical (unpaired) electrons. The highest BCUT2D eigenvalue weighted by molar-refractivity contribution is 6.38. The van der Waals surface area contributed by atoms with Crippen molar-refractivity contribution < 1.29 is 28.6 Å². The molecular weight excluding hydrogens is 398 g/mol. The minimum Gasteiger partial charge on any atom is -0.497 e. The van der Waals surface area contributed by atoms with Crippen LogP contribution in [0.2, 0.25) is 0 Å². The highest BCUT2D eigenvalue weighted by Gasteiger charge is 2.40. The zero-order valence-electron chi connectivity index (χ0n) is 19.4. The highest BCUT2D eigenvalue weighted by Crippen LogP contribution is 2.27. The van der Waals surface area contributed by atoms with E-state index in [2.05, 4.69) is 0 Å². The van der Waals surface area contributed by atoms with Crippen molar-refractivity contribution >= 4 is 17.7 Å². The van der Waals surface area contributed by atoms with Crippen molar-refractivity contribution in [2.45, 2.75) is 65.3 Å². The van der Waals surface area contributed by atoms with Gasteiger partial charge in [-0.15, -0.1) is 0 Å². The second kappa shape index (κ2) is 11.2. The molecule has 172 valence electrons. The van der Waals surface area contributed by atoms with Gasteiger partial charge in [0.15, 0.2) is 0 Å². The van der Waals surface area contributed by atoms with Crippen LogP contribution in [0, 0.1) is 5.41 Å². The summed E-state index contributed by atoms with van der Waals surface area (Å²) in [5.74, 6) is 0.0410. The average Bonchev–Trinajstić information content (AvgIpc) is 2.80. The van der Waals surface area contributed by atoms with Crippen molar-refractivity contribution in [3.8, 4) is 11.5 Å². The van der Waals surface area contributed by atoms with Gasteiger partial charge in [-0.1, -0.05) is 20.8 Å². The Balaban J connectivity index is 1.94. The third kappa shape index (κ3) is 6.21. The van der Waals surface area contributed by atoms with E-state index in [1.807, 2.05) is 25.1 Å². The Labute approximate surface area is 185 Å². The van der Waals surface area contributed by atoms with E-state index in [0.29, 0.717) is 32.2 Å². The van der Waals surface area contributed by atoms with Crippen molar-refractivity contribution in [1.82, 2.24) is 4.90 Å². The molecule has 1 aliphatic heterocycles. The number of carbonyl (C=O) groups excluding carboxylic acids is 3. The van der Waals surface area contributed by atoms with Gasteiger partial charge in [0.05, 0.1) is 20.8 Å². The molecule has 1 fully saturated rings. The number of piperidine rings is 1. The number of esters is 1. The monoisotopic (exact) mass is 433 g/mol. The smallest absolute Gasteiger partial charge is 0.328 e. The summed E-state index contributed by atoms with van der Waals surface area (Å²) in [6.07, 6.45) is 3.96. The maximum atomic E-state index is 12.8. The molecule has 1 aromatic carbocycles. The molecule has 0 bridgehead atoms. The fraction of sp³-hybridized carbons (Fsp3) is 0.625. The predicted molar refractivity (Wildman–Crippen MR) is 117 cm³/mol. The summed E-state index contributed by atoms with van der Waals surface area (Å²) in [7, 11) is 3.22. The van der Waals surface area contributed by atoms with Gasteiger partial charge in [0.25, 0.3) is 5.91 Å². The van der Waals surface area contributed by atoms with Crippen LogP contribution < -0.4 is 9.47 Å². The Hall–Kier alpha value is -2.57. The van der Waals surface area contributed by atoms with Gasteiger partial charge in [-0.25, -0.2) is 4.79 Å². The molecule has 1 aliphatic rings. The number of ether oxygens (including phenoxy) is 3. The first-order chi connectivity index (χ1) is 14.7. The van der Waals surface area contributed by atoms with Gasteiger partial charge in [-0.3, -0.25) is 9.59 Å². The average molecular weight is 434 g/mol. The van der Waals surface area contributed by atoms with Crippen molar-refractivity contribution in [2.75, 3.05) is 27.4 Å². The van der Waals surface area contributed by atoms with Crippen LogP contribution in [-0.2, 0) is 25.5 Å². The summed E-state index contributed by atoms with van der Waals surface area (Å²) < 4.78 is 16.1. The van der Waals surface area contributed by atoms with Crippen LogP contribution in [0.1, 0.15) is 58.4 Å². The zero-order chi connectivity index (χ0) is 23.0. The summed E-state index contributed by atoms with van der Waals surface area (Å²) >= 11 is 0. The number of hydrogen-bond acceptors (Lipinski definition) is 6. The number of ketones is 1. The number of rotatable bonds is 10. The Morgan fingerprint density at radius 3 is 2.52 bits per heavy atom. The van der Waals surface area contributed by atoms with Gasteiger partial charge >= 0.3 is 5.97 Å². The van der Waals surface area contributed by atoms with Crippen LogP contribution in [0.15, 0.2) is 18.2 Å². The quantitative estimate of drug-likeness (QED) is 0.319. The predicted octanol–water partition coefficient (Wildman–Crippen LogP) is 3.57. The molecule has 7 nitrogen and oxygen atoms in total. The van der Waals surface area contributed by atoms with E-state index in [1.165, 1.54) is 4.90 Å². The molecule has 1 heterocycles. The maximum absolute atomic E-state index is 12.8. The first kappa shape index (κ1) is 24.7. The summed E-state index contributed by atoms with van der Waals surface area (Å²) in [5.41, 5.74) is 0.235. The van der Waals surface area contributed by atoms with E-state index >= 15 is 0 Å². The van der Waals surface area contributed by atoms with E-state index < -0.39 is 29.1 Å². The van der Waals surface area contributed by atoms with Crippen molar-refractivity contribution in [2.24, 2.45) is 5.41 Å². The lowest BCUT2D eigenvalue weighted by Crippen LogP contribution is -2.53. The summed E-state index contributed by atoms with van der Waals surface area (Å²) in [6, 6.07) is 4.89. The van der Waals surface area contributed by atoms with Gasteiger partial charge in [0.2, 0.25) is 5.78 Å². The number of hydrogen-bond donors (Lipinski definition) is 0. The van der Waals surface area contributed by atoms with Gasteiger partial charge < -0.3 is 19.1 Å². The number of methoxy groups -OCH3 is 2. The maximum Gasteiger partial charge on any atom is 0.328 e. The molecule has 0 saturated carbocycles.